The summed E-state index contributed by atoms with van der Waals surface area (Å²) in [5.74, 6) is 1.26. The maximum Gasteiger partial charge on any atom is 0.220 e. The van der Waals surface area contributed by atoms with Gasteiger partial charge in [0.05, 0.1) is 0 Å². The molecule has 0 atom stereocenters. The summed E-state index contributed by atoms with van der Waals surface area (Å²) in [5, 5.41) is 1.05. The molecule has 0 aliphatic carbocycles. The lowest BCUT2D eigenvalue weighted by Gasteiger charge is -2.08. The third-order valence-electron chi connectivity index (χ3n) is 2.73. The highest BCUT2D eigenvalue weighted by molar-refractivity contribution is 9.10. The molecule has 0 unspecified atom stereocenters. The number of aromatic nitrogens is 2. The fraction of sp³-hybridized carbons (Fsp3) is 0.0667. The van der Waals surface area contributed by atoms with Crippen molar-refractivity contribution >= 4 is 26.8 Å². The van der Waals surface area contributed by atoms with Crippen LogP contribution in [0.25, 0.3) is 10.9 Å². The van der Waals surface area contributed by atoms with Gasteiger partial charge in [-0.25, -0.2) is 9.97 Å². The molecule has 0 fully saturated rings. The third kappa shape index (κ3) is 2.58. The number of benzene rings is 1. The molecule has 0 bridgehead atoms. The van der Waals surface area contributed by atoms with Crippen LogP contribution in [-0.4, -0.2) is 9.97 Å². The molecule has 4 heteroatoms. The van der Waals surface area contributed by atoms with Crippen LogP contribution in [0.3, 0.4) is 0 Å². The Morgan fingerprint density at radius 2 is 1.79 bits per heavy atom. The molecule has 0 aliphatic heterocycles. The van der Waals surface area contributed by atoms with E-state index in [1.165, 1.54) is 0 Å². The molecule has 0 saturated heterocycles. The molecule has 0 aliphatic rings. The Labute approximate surface area is 119 Å². The summed E-state index contributed by atoms with van der Waals surface area (Å²) < 4.78 is 6.57. The SMILES string of the molecule is Cc1ccc2cccc(Oc3cccc(Br)n3)c2n1. The van der Waals surface area contributed by atoms with E-state index in [2.05, 4.69) is 25.9 Å². The van der Waals surface area contributed by atoms with Crippen LogP contribution in [0.4, 0.5) is 0 Å². The number of nitrogens with zero attached hydrogens (tertiary/aromatic N) is 2. The van der Waals surface area contributed by atoms with E-state index in [0.717, 1.165) is 21.2 Å². The Balaban J connectivity index is 2.07. The molecule has 0 radical (unpaired) electrons. The van der Waals surface area contributed by atoms with Crippen LogP contribution in [-0.2, 0) is 0 Å². The minimum Gasteiger partial charge on any atom is -0.437 e. The standard InChI is InChI=1S/C15H11BrN2O/c1-10-8-9-11-4-2-5-12(15(11)17-10)19-14-7-3-6-13(16)18-14/h2-9H,1H3. The van der Waals surface area contributed by atoms with Crippen molar-refractivity contribution in [3.8, 4) is 11.6 Å². The normalized spacial score (nSPS) is 10.6. The largest absolute Gasteiger partial charge is 0.437 e. The quantitative estimate of drug-likeness (QED) is 0.653. The second-order valence-corrected chi connectivity index (χ2v) is 4.99. The second kappa shape index (κ2) is 4.97. The lowest BCUT2D eigenvalue weighted by molar-refractivity contribution is 0.466. The highest BCUT2D eigenvalue weighted by atomic mass is 79.9. The number of rotatable bonds is 2. The van der Waals surface area contributed by atoms with Crippen molar-refractivity contribution in [1.29, 1.82) is 0 Å². The zero-order chi connectivity index (χ0) is 13.2. The Hall–Kier alpha value is -1.94. The predicted molar refractivity (Wildman–Crippen MR) is 78.5 cm³/mol. The first-order valence-corrected chi connectivity index (χ1v) is 6.68. The van der Waals surface area contributed by atoms with Gasteiger partial charge in [-0.05, 0) is 41.1 Å². The molecule has 94 valence electrons. The molecule has 3 aromatic rings. The molecule has 0 saturated carbocycles. The lowest BCUT2D eigenvalue weighted by atomic mass is 10.2. The first-order valence-electron chi connectivity index (χ1n) is 5.89. The number of pyridine rings is 2. The van der Waals surface area contributed by atoms with Crippen LogP contribution in [0.5, 0.6) is 11.6 Å². The number of fused-ring (bicyclic) bond motifs is 1. The van der Waals surface area contributed by atoms with E-state index < -0.39 is 0 Å². The van der Waals surface area contributed by atoms with Gasteiger partial charge in [-0.15, -0.1) is 0 Å². The van der Waals surface area contributed by atoms with Crippen molar-refractivity contribution < 1.29 is 4.74 Å². The molecule has 3 nitrogen and oxygen atoms in total. The van der Waals surface area contributed by atoms with Crippen LogP contribution in [0.15, 0.2) is 53.1 Å². The van der Waals surface area contributed by atoms with E-state index >= 15 is 0 Å². The van der Waals surface area contributed by atoms with Crippen LogP contribution in [0.1, 0.15) is 5.69 Å². The maximum atomic E-state index is 5.82. The van der Waals surface area contributed by atoms with E-state index in [9.17, 15) is 0 Å². The molecule has 2 aromatic heterocycles. The Kier molecular flexibility index (Phi) is 3.17. The van der Waals surface area contributed by atoms with Crippen LogP contribution in [0, 0.1) is 6.92 Å². The summed E-state index contributed by atoms with van der Waals surface area (Å²) in [4.78, 5) is 8.79. The Morgan fingerprint density at radius 3 is 2.63 bits per heavy atom. The lowest BCUT2D eigenvalue weighted by Crippen LogP contribution is -1.91. The van der Waals surface area contributed by atoms with Crippen molar-refractivity contribution in [1.82, 2.24) is 9.97 Å². The Morgan fingerprint density at radius 1 is 0.947 bits per heavy atom. The van der Waals surface area contributed by atoms with Crippen molar-refractivity contribution in [2.45, 2.75) is 6.92 Å². The summed E-state index contributed by atoms with van der Waals surface area (Å²) in [6.45, 7) is 1.97. The maximum absolute atomic E-state index is 5.82. The van der Waals surface area contributed by atoms with E-state index in [-0.39, 0.29) is 0 Å². The van der Waals surface area contributed by atoms with Gasteiger partial charge in [-0.2, -0.15) is 0 Å². The van der Waals surface area contributed by atoms with Gasteiger partial charge in [0.1, 0.15) is 10.1 Å². The van der Waals surface area contributed by atoms with E-state index in [1.807, 2.05) is 55.5 Å². The van der Waals surface area contributed by atoms with Crippen molar-refractivity contribution in [3.05, 3.63) is 58.8 Å². The zero-order valence-electron chi connectivity index (χ0n) is 10.3. The number of aryl methyl sites for hydroxylation is 1. The summed E-state index contributed by atoms with van der Waals surface area (Å²) in [5.41, 5.74) is 1.81. The molecule has 19 heavy (non-hydrogen) atoms. The fourth-order valence-corrected chi connectivity index (χ4v) is 2.19. The molecule has 0 N–H and O–H groups in total. The van der Waals surface area contributed by atoms with E-state index in [4.69, 9.17) is 4.74 Å². The average molecular weight is 315 g/mol. The molecule has 0 amide bonds. The highest BCUT2D eigenvalue weighted by Gasteiger charge is 2.06. The van der Waals surface area contributed by atoms with Crippen LogP contribution in [0.2, 0.25) is 0 Å². The molecule has 1 aromatic carbocycles. The van der Waals surface area contributed by atoms with Gasteiger partial charge < -0.3 is 4.74 Å². The summed E-state index contributed by atoms with van der Waals surface area (Å²) in [6.07, 6.45) is 0. The number of hydrogen-bond acceptors (Lipinski definition) is 3. The minimum atomic E-state index is 0.546. The molecule has 2 heterocycles. The number of ether oxygens (including phenoxy) is 1. The molecule has 0 spiro atoms. The van der Waals surface area contributed by atoms with Gasteiger partial charge >= 0.3 is 0 Å². The summed E-state index contributed by atoms with van der Waals surface area (Å²) >= 11 is 3.33. The predicted octanol–water partition coefficient (Wildman–Crippen LogP) is 4.49. The second-order valence-electron chi connectivity index (χ2n) is 4.18. The van der Waals surface area contributed by atoms with Crippen molar-refractivity contribution in [2.24, 2.45) is 0 Å². The first kappa shape index (κ1) is 12.1. The number of halogens is 1. The smallest absolute Gasteiger partial charge is 0.220 e. The van der Waals surface area contributed by atoms with Gasteiger partial charge in [0.15, 0.2) is 5.75 Å². The van der Waals surface area contributed by atoms with Gasteiger partial charge in [0.2, 0.25) is 5.88 Å². The summed E-state index contributed by atoms with van der Waals surface area (Å²) in [6, 6.07) is 15.5. The monoisotopic (exact) mass is 314 g/mol. The number of para-hydroxylation sites is 1. The molecular formula is C15H11BrN2O. The third-order valence-corrected chi connectivity index (χ3v) is 3.17. The summed E-state index contributed by atoms with van der Waals surface area (Å²) in [7, 11) is 0. The molecule has 3 rings (SSSR count). The minimum absolute atomic E-state index is 0.546. The molecular weight excluding hydrogens is 304 g/mol. The topological polar surface area (TPSA) is 35.0 Å². The van der Waals surface area contributed by atoms with Crippen molar-refractivity contribution in [3.63, 3.8) is 0 Å². The first-order chi connectivity index (χ1) is 9.22. The fourth-order valence-electron chi connectivity index (χ4n) is 1.86. The van der Waals surface area contributed by atoms with Gasteiger partial charge in [0.25, 0.3) is 0 Å². The number of hydrogen-bond donors (Lipinski definition) is 0. The zero-order valence-corrected chi connectivity index (χ0v) is 11.9. The average Bonchev–Trinajstić information content (AvgIpc) is 2.39. The van der Waals surface area contributed by atoms with Crippen molar-refractivity contribution in [2.75, 3.05) is 0 Å². The van der Waals surface area contributed by atoms with Gasteiger partial charge in [-0.1, -0.05) is 24.3 Å². The van der Waals surface area contributed by atoms with Gasteiger partial charge in [0, 0.05) is 17.1 Å². The van der Waals surface area contributed by atoms with Gasteiger partial charge in [-0.3, -0.25) is 0 Å². The van der Waals surface area contributed by atoms with E-state index in [0.29, 0.717) is 11.6 Å². The van der Waals surface area contributed by atoms with Crippen LogP contribution < -0.4 is 4.74 Å². The van der Waals surface area contributed by atoms with Crippen LogP contribution >= 0.6 is 15.9 Å². The Bertz CT molecular complexity index is 743. The van der Waals surface area contributed by atoms with E-state index in [1.54, 1.807) is 0 Å². The highest BCUT2D eigenvalue weighted by Crippen LogP contribution is 2.28.